The number of urea groups is 1. The van der Waals surface area contributed by atoms with Crippen molar-refractivity contribution in [1.29, 1.82) is 0 Å². The van der Waals surface area contributed by atoms with E-state index >= 15 is 0 Å². The molecule has 2 aromatic carbocycles. The van der Waals surface area contributed by atoms with Crippen molar-refractivity contribution in [2.75, 3.05) is 74.7 Å². The lowest BCUT2D eigenvalue weighted by Crippen LogP contribution is -2.64. The number of benzene rings is 2. The number of rotatable bonds is 33. The number of para-hydroxylation sites is 1. The molecule has 4 bridgehead atoms. The van der Waals surface area contributed by atoms with E-state index in [1.807, 2.05) is 59.8 Å². The summed E-state index contributed by atoms with van der Waals surface area (Å²) in [5.41, 5.74) is 10.4. The van der Waals surface area contributed by atoms with Crippen LogP contribution in [-0.2, 0) is 57.8 Å². The minimum atomic E-state index is -1.15. The van der Waals surface area contributed by atoms with Crippen LogP contribution in [0.5, 0.6) is 0 Å². The highest BCUT2D eigenvalue weighted by Gasteiger charge is 2.66. The molecule has 101 heavy (non-hydrogen) atoms. The topological polar surface area (TPSA) is 370 Å². The number of aliphatic hydroxyl groups is 1. The zero-order valence-corrected chi connectivity index (χ0v) is 58.9. The number of hydrogen-bond donors (Lipinski definition) is 8. The summed E-state index contributed by atoms with van der Waals surface area (Å²) in [5.74, 6) is -2.37. The second kappa shape index (κ2) is 31.2. The Morgan fingerprint density at radius 2 is 1.57 bits per heavy atom. The van der Waals surface area contributed by atoms with Gasteiger partial charge in [-0.2, -0.15) is 5.10 Å². The van der Waals surface area contributed by atoms with Gasteiger partial charge in [-0.3, -0.25) is 33.6 Å². The number of aromatic carboxylic acids is 1. The molecule has 28 nitrogen and oxygen atoms in total. The first-order chi connectivity index (χ1) is 48.3. The highest BCUT2D eigenvalue weighted by atomic mass is 32.1. The van der Waals surface area contributed by atoms with Crippen LogP contribution in [0.2, 0.25) is 0 Å². The van der Waals surface area contributed by atoms with Gasteiger partial charge in [-0.1, -0.05) is 63.3 Å². The Bertz CT molecular complexity index is 4050. The molecule has 9 N–H and O–H groups in total. The second-order valence-corrected chi connectivity index (χ2v) is 29.7. The summed E-state index contributed by atoms with van der Waals surface area (Å²) in [4.78, 5) is 117. The molecular formula is C72H91N15O13S. The number of carboxylic acids is 1. The quantitative estimate of drug-likeness (QED) is 0.0142. The highest BCUT2D eigenvalue weighted by Crippen LogP contribution is 2.72. The SMILES string of the molecule is Cc1c(Nc2nc3ccccc3s2)nnc2c1CCCN2c1ccc(-c2cnn(CC34CC5(OCCN(CCCCO)C(=O)OCc6ccc(NC(=O)[C@H](CCCNC(N)=O)NC(=O)[C@@H](NC(=O)CCOCCN7C(=O)C=CC7=O)C(C)C)cc6)C[C@](C)(C3)C[C@](C)(C4)C5)c2C)c(C(=O)O)n1. The van der Waals surface area contributed by atoms with Gasteiger partial charge in [0.25, 0.3) is 11.8 Å². The number of carboxylic acid groups (broad SMARTS) is 1. The number of carbonyl (C=O) groups excluding carboxylic acids is 7. The average molecular weight is 1410 g/mol. The monoisotopic (exact) mass is 1410 g/mol. The fourth-order valence-electron chi connectivity index (χ4n) is 16.4. The Kier molecular flexibility index (Phi) is 22.5. The number of unbranched alkanes of at least 4 members (excludes halogenated alkanes) is 1. The highest BCUT2D eigenvalue weighted by molar-refractivity contribution is 7.22. The number of imide groups is 1. The number of carbonyl (C=O) groups is 8. The minimum absolute atomic E-state index is 0.0198. The maximum absolute atomic E-state index is 14.0. The molecule has 6 aliphatic rings. The van der Waals surface area contributed by atoms with Gasteiger partial charge in [-0.05, 0) is 155 Å². The molecule has 2 aliphatic heterocycles. The first-order valence-electron chi connectivity index (χ1n) is 34.7. The van der Waals surface area contributed by atoms with Crippen LogP contribution in [0.25, 0.3) is 21.3 Å². The van der Waals surface area contributed by atoms with Gasteiger partial charge in [0.2, 0.25) is 17.7 Å². The summed E-state index contributed by atoms with van der Waals surface area (Å²) in [5, 5.41) is 49.7. The van der Waals surface area contributed by atoms with Crippen molar-refractivity contribution < 1.29 is 62.8 Å². The Morgan fingerprint density at radius 1 is 0.822 bits per heavy atom. The molecule has 0 radical (unpaired) electrons. The summed E-state index contributed by atoms with van der Waals surface area (Å²) in [7, 11) is 0. The molecule has 4 aromatic heterocycles. The number of nitrogens with two attached hydrogens (primary N) is 1. The van der Waals surface area contributed by atoms with Crippen molar-refractivity contribution in [2.24, 2.45) is 27.9 Å². The number of nitrogens with one attached hydrogen (secondary N) is 5. The standard InChI is InChI=1S/C72H91N15O13S/c1-44(2)59(80-56(89)25-32-98-33-30-86-57(90)23-24-58(86)91)64(93)77-53(15-11-26-74-66(73)96)63(92)76-48-19-17-47(18-20-48)36-99-68(97)84(27-9-10-31-88)29-34-100-72-40-69(5)37-70(6,41-72)39-71(38-69,42-72)43-87-46(4)51(35-75-87)50-21-22-55(79-60(50)65(94)95)85-28-12-13-49-45(3)61(82-83-62(49)85)81-67-78-52-14-7-8-16-54(52)101-67/h7-8,14,16-24,35,44,53,59,88H,9-13,15,25-34,36-43H2,1-6H3,(H,76,92)(H,77,93)(H,80,89)(H,94,95)(H3,73,74,96)(H,78,81,82)/t53-,59-,69-,70+,71?,72?/m0/s1. The molecule has 8 amide bonds. The number of nitrogens with zero attached hydrogens (tertiary/aromatic N) is 9. The van der Waals surface area contributed by atoms with Gasteiger partial charge in [0, 0.05) is 91.5 Å². The molecule has 4 saturated carbocycles. The predicted molar refractivity (Wildman–Crippen MR) is 377 cm³/mol. The van der Waals surface area contributed by atoms with Crippen molar-refractivity contribution in [3.05, 3.63) is 107 Å². The zero-order valence-electron chi connectivity index (χ0n) is 58.1. The van der Waals surface area contributed by atoms with Crippen molar-refractivity contribution in [3.8, 4) is 11.1 Å². The van der Waals surface area contributed by atoms with Crippen LogP contribution in [0.15, 0.2) is 79.0 Å². The van der Waals surface area contributed by atoms with Crippen LogP contribution in [0, 0.1) is 36.0 Å². The molecule has 4 fully saturated rings. The number of thiazole rings is 1. The Labute approximate surface area is 589 Å². The van der Waals surface area contributed by atoms with Gasteiger partial charge in [0.05, 0.1) is 48.4 Å². The number of pyridine rings is 1. The Hall–Kier alpha value is -9.45. The third-order valence-electron chi connectivity index (χ3n) is 19.9. The van der Waals surface area contributed by atoms with E-state index < -0.39 is 71.2 Å². The first kappa shape index (κ1) is 72.8. The van der Waals surface area contributed by atoms with Crippen LogP contribution in [-0.4, -0.2) is 174 Å². The number of primary amides is 1. The number of amides is 8. The van der Waals surface area contributed by atoms with Gasteiger partial charge < -0.3 is 66.5 Å². The molecule has 2 unspecified atom stereocenters. The normalized spacial score (nSPS) is 21.0. The lowest BCUT2D eigenvalue weighted by Gasteiger charge is -2.69. The van der Waals surface area contributed by atoms with Gasteiger partial charge in [0.15, 0.2) is 22.5 Å². The van der Waals surface area contributed by atoms with Gasteiger partial charge in [-0.15, -0.1) is 10.2 Å². The van der Waals surface area contributed by atoms with Crippen LogP contribution in [0.1, 0.15) is 138 Å². The van der Waals surface area contributed by atoms with E-state index in [-0.39, 0.29) is 93.9 Å². The maximum atomic E-state index is 14.0. The van der Waals surface area contributed by atoms with Crippen LogP contribution < -0.4 is 37.2 Å². The lowest BCUT2D eigenvalue weighted by atomic mass is 9.39. The van der Waals surface area contributed by atoms with Crippen molar-refractivity contribution in [3.63, 3.8) is 0 Å². The van der Waals surface area contributed by atoms with Gasteiger partial charge in [0.1, 0.15) is 24.5 Å². The van der Waals surface area contributed by atoms with Crippen LogP contribution >= 0.6 is 11.3 Å². The fraction of sp³-hybridized carbons (Fsp3) is 0.514. The molecule has 12 rings (SSSR count). The average Bonchev–Trinajstić information content (AvgIpc) is 1.23. The molecule has 6 aromatic rings. The van der Waals surface area contributed by atoms with Crippen molar-refractivity contribution in [1.82, 2.24) is 55.7 Å². The summed E-state index contributed by atoms with van der Waals surface area (Å²) in [6.45, 7) is 14.3. The van der Waals surface area contributed by atoms with Crippen LogP contribution in [0.3, 0.4) is 0 Å². The third kappa shape index (κ3) is 17.3. The van der Waals surface area contributed by atoms with E-state index in [2.05, 4.69) is 50.6 Å². The molecule has 29 heteroatoms. The number of hydrogen-bond acceptors (Lipinski definition) is 20. The summed E-state index contributed by atoms with van der Waals surface area (Å²) in [6.07, 6.45) is 12.0. The largest absolute Gasteiger partial charge is 0.476 e. The van der Waals surface area contributed by atoms with Crippen molar-refractivity contribution in [2.45, 2.75) is 156 Å². The smallest absolute Gasteiger partial charge is 0.410 e. The summed E-state index contributed by atoms with van der Waals surface area (Å²) < 4.78 is 21.6. The Morgan fingerprint density at radius 3 is 2.29 bits per heavy atom. The number of aromatic nitrogens is 6. The number of fused-ring (bicyclic) bond motifs is 2. The maximum Gasteiger partial charge on any atom is 0.410 e. The summed E-state index contributed by atoms with van der Waals surface area (Å²) in [6, 6.07) is 15.4. The third-order valence-corrected chi connectivity index (χ3v) is 20.9. The zero-order chi connectivity index (χ0) is 71.8. The molecule has 6 atom stereocenters. The predicted octanol–water partition coefficient (Wildman–Crippen LogP) is 8.38. The molecular weight excluding hydrogens is 1310 g/mol. The molecule has 0 saturated heterocycles. The van der Waals surface area contributed by atoms with E-state index in [0.29, 0.717) is 72.3 Å². The molecule has 4 aliphatic carbocycles. The molecule has 6 heterocycles. The summed E-state index contributed by atoms with van der Waals surface area (Å²) >= 11 is 1.54. The molecule has 0 spiro atoms. The molecule has 538 valence electrons. The van der Waals surface area contributed by atoms with Gasteiger partial charge in [-0.25, -0.2) is 24.4 Å². The fourth-order valence-corrected chi connectivity index (χ4v) is 17.3. The van der Waals surface area contributed by atoms with Crippen molar-refractivity contribution >= 4 is 97.5 Å². The Balaban J connectivity index is 0.694. The number of ether oxygens (including phenoxy) is 3. The second-order valence-electron chi connectivity index (χ2n) is 28.7. The first-order valence-corrected chi connectivity index (χ1v) is 35.5. The lowest BCUT2D eigenvalue weighted by molar-refractivity contribution is -0.248. The van der Waals surface area contributed by atoms with E-state index in [4.69, 9.17) is 35.0 Å². The van der Waals surface area contributed by atoms with Gasteiger partial charge >= 0.3 is 18.1 Å². The van der Waals surface area contributed by atoms with E-state index in [0.717, 1.165) is 88.4 Å². The van der Waals surface area contributed by atoms with E-state index in [9.17, 15) is 48.6 Å². The van der Waals surface area contributed by atoms with E-state index in [1.165, 1.54) is 12.2 Å². The number of anilines is 5. The van der Waals surface area contributed by atoms with E-state index in [1.54, 1.807) is 60.5 Å². The van der Waals surface area contributed by atoms with Crippen LogP contribution in [0.4, 0.5) is 37.9 Å². The minimum Gasteiger partial charge on any atom is -0.476 e. The number of aliphatic hydroxyl groups excluding tert-OH is 1.